The summed E-state index contributed by atoms with van der Waals surface area (Å²) < 4.78 is 70.6. The number of ether oxygens (including phenoxy) is 2. The van der Waals surface area contributed by atoms with E-state index >= 15 is 0 Å². The lowest BCUT2D eigenvalue weighted by Gasteiger charge is -2.24. The fraction of sp³-hybridized carbons (Fsp3) is 0.429. The lowest BCUT2D eigenvalue weighted by molar-refractivity contribution is -0.140. The Hall–Kier alpha value is -4.68. The molecule has 4 aromatic rings. The summed E-state index contributed by atoms with van der Waals surface area (Å²) in [5, 5.41) is 20.3. The summed E-state index contributed by atoms with van der Waals surface area (Å²) in [6.07, 6.45) is -6.94. The molecule has 2 saturated heterocycles. The number of hydrogen-bond donors (Lipinski definition) is 3. The molecule has 17 heteroatoms. The topological polar surface area (TPSA) is 161 Å². The molecule has 0 aliphatic carbocycles. The first-order valence-electron chi connectivity index (χ1n) is 16.7. The van der Waals surface area contributed by atoms with Crippen molar-refractivity contribution in [3.8, 4) is 0 Å². The number of nitrogens with zero attached hydrogens (tertiary/aromatic N) is 6. The molecule has 6 atom stereocenters. The minimum atomic E-state index is -3.63. The molecule has 0 radical (unpaired) electrons. The third-order valence-electron chi connectivity index (χ3n) is 9.81. The first-order chi connectivity index (χ1) is 24.7. The van der Waals surface area contributed by atoms with Crippen LogP contribution in [0.25, 0.3) is 0 Å². The van der Waals surface area contributed by atoms with E-state index in [1.54, 1.807) is 6.92 Å². The van der Waals surface area contributed by atoms with Gasteiger partial charge >= 0.3 is 23.2 Å². The molecule has 4 aliphatic rings. The zero-order valence-electron chi connectivity index (χ0n) is 27.9. The van der Waals surface area contributed by atoms with Crippen molar-refractivity contribution in [2.75, 3.05) is 30.3 Å². The van der Waals surface area contributed by atoms with Crippen LogP contribution in [0.2, 0.25) is 0 Å². The maximum Gasteiger partial charge on any atom is 0.351 e. The van der Waals surface area contributed by atoms with Gasteiger partial charge in [-0.05, 0) is 48.2 Å². The monoisotopic (exact) mass is 727 g/mol. The number of hydrogen-bond acceptors (Lipinski definition) is 11. The fourth-order valence-corrected chi connectivity index (χ4v) is 7.12. The molecular weight excluding hydrogens is 690 g/mol. The lowest BCUT2D eigenvalue weighted by Crippen LogP contribution is -2.43. The Labute approximate surface area is 294 Å². The standard InChI is InChI=1S/C18H19F2N3O3.C17H18F2N4O3/c1-11-6-7-23(17(25)21-11)16-18(19,20)15(24)14(26-16)10-22-8-12-4-2-3-5-13(12)9-22;18-17(19)14(24)12(9-22-7-5-10-3-1-2-4-11(10)22)26-15(17)23-8-6-13(20)21-16(23)25/h2-7,14-16,24H,8-10H2,1H3;1-4,6,8,12,14-15,24H,5,7,9H2,(H2,20,21,25)/t14-,15-,16-;12-,14-,15-/m11/s1. The summed E-state index contributed by atoms with van der Waals surface area (Å²) in [7, 11) is 0. The molecule has 0 bridgehead atoms. The molecule has 4 N–H and O–H groups in total. The van der Waals surface area contributed by atoms with Crippen molar-refractivity contribution in [3.63, 3.8) is 0 Å². The van der Waals surface area contributed by atoms with Crippen LogP contribution in [0.3, 0.4) is 0 Å². The van der Waals surface area contributed by atoms with Crippen LogP contribution in [0.4, 0.5) is 29.1 Å². The third-order valence-corrected chi connectivity index (χ3v) is 9.81. The average molecular weight is 728 g/mol. The highest BCUT2D eigenvalue weighted by Crippen LogP contribution is 2.44. The Morgan fingerprint density at radius 2 is 1.29 bits per heavy atom. The highest BCUT2D eigenvalue weighted by atomic mass is 19.3. The van der Waals surface area contributed by atoms with Gasteiger partial charge in [0.1, 0.15) is 24.1 Å². The number of anilines is 2. The predicted octanol–water partition coefficient (Wildman–Crippen LogP) is 2.24. The number of alkyl halides is 4. The maximum atomic E-state index is 14.6. The molecule has 0 amide bonds. The molecule has 2 fully saturated rings. The second-order valence-corrected chi connectivity index (χ2v) is 13.4. The Kier molecular flexibility index (Phi) is 9.41. The second kappa shape index (κ2) is 13.7. The zero-order valence-corrected chi connectivity index (χ0v) is 27.9. The minimum Gasteiger partial charge on any atom is -0.384 e. The number of para-hydroxylation sites is 1. The van der Waals surface area contributed by atoms with Gasteiger partial charge in [-0.25, -0.2) is 9.59 Å². The van der Waals surface area contributed by atoms with Crippen molar-refractivity contribution in [1.29, 1.82) is 0 Å². The van der Waals surface area contributed by atoms with Crippen molar-refractivity contribution in [2.24, 2.45) is 0 Å². The highest BCUT2D eigenvalue weighted by molar-refractivity contribution is 5.58. The van der Waals surface area contributed by atoms with Crippen LogP contribution >= 0.6 is 0 Å². The SMILES string of the molecule is Cc1ccn([C@@H]2O[C@H](CN3Cc4ccccc4C3)[C@@H](O)C2(F)F)c(=O)n1.Nc1ccn([C@@H]2O[C@H](CN3CCc4ccccc43)[C@@H](O)C2(F)F)c(=O)n1. The molecule has 6 heterocycles. The molecule has 4 aliphatic heterocycles. The summed E-state index contributed by atoms with van der Waals surface area (Å²) in [4.78, 5) is 34.8. The largest absolute Gasteiger partial charge is 0.384 e. The Bertz CT molecular complexity index is 2040. The molecule has 52 heavy (non-hydrogen) atoms. The van der Waals surface area contributed by atoms with Crippen LogP contribution in [0.15, 0.2) is 82.6 Å². The third kappa shape index (κ3) is 6.58. The Balaban J connectivity index is 0.000000162. The summed E-state index contributed by atoms with van der Waals surface area (Å²) >= 11 is 0. The van der Waals surface area contributed by atoms with Crippen molar-refractivity contribution < 1.29 is 37.2 Å². The fourth-order valence-electron chi connectivity index (χ4n) is 7.12. The summed E-state index contributed by atoms with van der Waals surface area (Å²) in [6, 6.07) is 18.2. The van der Waals surface area contributed by atoms with Gasteiger partial charge in [0.05, 0.1) is 0 Å². The molecule has 2 aromatic heterocycles. The summed E-state index contributed by atoms with van der Waals surface area (Å²) in [5.74, 6) is -7.29. The Morgan fingerprint density at radius 1 is 0.769 bits per heavy atom. The smallest absolute Gasteiger partial charge is 0.351 e. The second-order valence-electron chi connectivity index (χ2n) is 13.4. The van der Waals surface area contributed by atoms with Crippen molar-refractivity contribution in [1.82, 2.24) is 24.0 Å². The van der Waals surface area contributed by atoms with Crippen molar-refractivity contribution in [3.05, 3.63) is 116 Å². The van der Waals surface area contributed by atoms with Gasteiger partial charge in [-0.15, -0.1) is 0 Å². The summed E-state index contributed by atoms with van der Waals surface area (Å²) in [5.41, 5.74) is 8.41. The summed E-state index contributed by atoms with van der Waals surface area (Å²) in [6.45, 7) is 3.74. The quantitative estimate of drug-likeness (QED) is 0.250. The number of benzene rings is 2. The van der Waals surface area contributed by atoms with Crippen molar-refractivity contribution >= 4 is 11.5 Å². The van der Waals surface area contributed by atoms with Gasteiger partial charge in [-0.2, -0.15) is 27.5 Å². The molecule has 0 saturated carbocycles. The number of halogens is 4. The number of nitrogen functional groups attached to an aromatic ring is 1. The van der Waals surface area contributed by atoms with Gasteiger partial charge < -0.3 is 30.3 Å². The van der Waals surface area contributed by atoms with Gasteiger partial charge in [0.25, 0.3) is 0 Å². The first-order valence-corrected chi connectivity index (χ1v) is 16.7. The van der Waals surface area contributed by atoms with E-state index in [9.17, 15) is 37.4 Å². The van der Waals surface area contributed by atoms with E-state index in [4.69, 9.17) is 15.2 Å². The number of aromatic nitrogens is 4. The van der Waals surface area contributed by atoms with Gasteiger partial charge in [-0.1, -0.05) is 42.5 Å². The van der Waals surface area contributed by atoms with E-state index in [-0.39, 0.29) is 18.9 Å². The highest BCUT2D eigenvalue weighted by Gasteiger charge is 2.61. The average Bonchev–Trinajstić information content (AvgIpc) is 3.82. The van der Waals surface area contributed by atoms with Crippen LogP contribution < -0.4 is 22.0 Å². The molecule has 0 spiro atoms. The van der Waals surface area contributed by atoms with Gasteiger partial charge in [0, 0.05) is 56.5 Å². The van der Waals surface area contributed by atoms with Crippen LogP contribution in [0.1, 0.15) is 34.8 Å². The molecular formula is C35H37F4N7O6. The van der Waals surface area contributed by atoms with E-state index < -0.39 is 60.1 Å². The minimum absolute atomic E-state index is 0.0710. The van der Waals surface area contributed by atoms with E-state index in [0.29, 0.717) is 29.9 Å². The van der Waals surface area contributed by atoms with E-state index in [1.165, 1.54) is 18.3 Å². The molecule has 276 valence electrons. The number of aliphatic hydroxyl groups excluding tert-OH is 2. The molecule has 2 aromatic carbocycles. The zero-order chi connectivity index (χ0) is 36.9. The number of rotatable bonds is 6. The van der Waals surface area contributed by atoms with Crippen LogP contribution in [0, 0.1) is 6.92 Å². The van der Waals surface area contributed by atoms with E-state index in [2.05, 4.69) is 9.97 Å². The van der Waals surface area contributed by atoms with Crippen molar-refractivity contribution in [2.45, 2.75) is 75.2 Å². The lowest BCUT2D eigenvalue weighted by atomic mass is 10.1. The molecule has 13 nitrogen and oxygen atoms in total. The normalized spacial score (nSPS) is 27.2. The predicted molar refractivity (Wildman–Crippen MR) is 179 cm³/mol. The number of aliphatic hydroxyl groups is 2. The molecule has 8 rings (SSSR count). The number of fused-ring (bicyclic) bond motifs is 2. The number of aryl methyl sites for hydroxylation is 1. The first kappa shape index (κ1) is 35.7. The van der Waals surface area contributed by atoms with E-state index in [1.807, 2.05) is 58.3 Å². The van der Waals surface area contributed by atoms with Gasteiger partial charge in [0.15, 0.2) is 6.10 Å². The number of nitrogens with two attached hydrogens (primary N) is 1. The van der Waals surface area contributed by atoms with Gasteiger partial charge in [-0.3, -0.25) is 14.0 Å². The van der Waals surface area contributed by atoms with Gasteiger partial charge in [0.2, 0.25) is 12.5 Å². The van der Waals surface area contributed by atoms with Crippen LogP contribution in [-0.4, -0.2) is 90.1 Å². The van der Waals surface area contributed by atoms with Crippen LogP contribution in [-0.2, 0) is 29.0 Å². The van der Waals surface area contributed by atoms with Crippen LogP contribution in [0.5, 0.6) is 0 Å². The Morgan fingerprint density at radius 3 is 1.87 bits per heavy atom. The van der Waals surface area contributed by atoms with E-state index in [0.717, 1.165) is 39.6 Å². The maximum absolute atomic E-state index is 14.6. The molecule has 0 unspecified atom stereocenters.